The number of piperidine rings is 1. The van der Waals surface area contributed by atoms with Crippen molar-refractivity contribution in [2.45, 2.75) is 25.8 Å². The van der Waals surface area contributed by atoms with Crippen molar-refractivity contribution in [3.8, 4) is 0 Å². The Morgan fingerprint density at radius 3 is 2.68 bits per heavy atom. The molecule has 1 aromatic carbocycles. The lowest BCUT2D eigenvalue weighted by molar-refractivity contribution is -0.384. The molecular weight excluding hydrogens is 246 g/mol. The highest BCUT2D eigenvalue weighted by atomic mass is 16.6. The van der Waals surface area contributed by atoms with Gasteiger partial charge in [0.25, 0.3) is 11.6 Å². The lowest BCUT2D eigenvalue weighted by Crippen LogP contribution is -2.42. The number of aryl methyl sites for hydroxylation is 1. The lowest BCUT2D eigenvalue weighted by atomic mass is 10.0. The van der Waals surface area contributed by atoms with Gasteiger partial charge in [-0.2, -0.15) is 0 Å². The SMILES string of the molecule is Cc1cc([N+](=O)[O-])ccc1C(=O)NC1CCNCC1. The maximum Gasteiger partial charge on any atom is 0.269 e. The minimum Gasteiger partial charge on any atom is -0.349 e. The molecule has 6 heteroatoms. The van der Waals surface area contributed by atoms with Gasteiger partial charge in [-0.25, -0.2) is 0 Å². The number of nitro benzene ring substituents is 1. The number of carbonyl (C=O) groups is 1. The van der Waals surface area contributed by atoms with Crippen molar-refractivity contribution in [2.24, 2.45) is 0 Å². The summed E-state index contributed by atoms with van der Waals surface area (Å²) >= 11 is 0. The quantitative estimate of drug-likeness (QED) is 0.637. The minimum absolute atomic E-state index is 0.0101. The van der Waals surface area contributed by atoms with Gasteiger partial charge in [-0.3, -0.25) is 14.9 Å². The van der Waals surface area contributed by atoms with Crippen LogP contribution in [0.4, 0.5) is 5.69 Å². The second kappa shape index (κ2) is 5.79. The van der Waals surface area contributed by atoms with Crippen LogP contribution in [0.15, 0.2) is 18.2 Å². The summed E-state index contributed by atoms with van der Waals surface area (Å²) in [6.07, 6.45) is 1.83. The van der Waals surface area contributed by atoms with E-state index in [1.807, 2.05) is 0 Å². The molecule has 0 unspecified atom stereocenters. The van der Waals surface area contributed by atoms with Gasteiger partial charge in [0.15, 0.2) is 0 Å². The van der Waals surface area contributed by atoms with Crippen LogP contribution in [0.25, 0.3) is 0 Å². The van der Waals surface area contributed by atoms with Crippen molar-refractivity contribution in [2.75, 3.05) is 13.1 Å². The van der Waals surface area contributed by atoms with Crippen molar-refractivity contribution >= 4 is 11.6 Å². The zero-order valence-corrected chi connectivity index (χ0v) is 10.8. The molecule has 2 N–H and O–H groups in total. The van der Waals surface area contributed by atoms with Gasteiger partial charge < -0.3 is 10.6 Å². The third-order valence-corrected chi connectivity index (χ3v) is 3.34. The highest BCUT2D eigenvalue weighted by Crippen LogP contribution is 2.17. The molecule has 0 spiro atoms. The van der Waals surface area contributed by atoms with Crippen LogP contribution in [0.5, 0.6) is 0 Å². The zero-order chi connectivity index (χ0) is 13.8. The van der Waals surface area contributed by atoms with Crippen LogP contribution in [0, 0.1) is 17.0 Å². The van der Waals surface area contributed by atoms with Crippen LogP contribution in [0.2, 0.25) is 0 Å². The van der Waals surface area contributed by atoms with Gasteiger partial charge in [0.1, 0.15) is 0 Å². The topological polar surface area (TPSA) is 84.3 Å². The Labute approximate surface area is 111 Å². The molecule has 0 radical (unpaired) electrons. The first-order valence-electron chi connectivity index (χ1n) is 6.34. The summed E-state index contributed by atoms with van der Waals surface area (Å²) in [5, 5.41) is 16.9. The van der Waals surface area contributed by atoms with Gasteiger partial charge >= 0.3 is 0 Å². The van der Waals surface area contributed by atoms with E-state index >= 15 is 0 Å². The maximum absolute atomic E-state index is 12.1. The molecule has 0 bridgehead atoms. The van der Waals surface area contributed by atoms with Gasteiger partial charge in [0.2, 0.25) is 0 Å². The molecule has 0 aliphatic carbocycles. The summed E-state index contributed by atoms with van der Waals surface area (Å²) in [7, 11) is 0. The van der Waals surface area contributed by atoms with Crippen LogP contribution in [-0.4, -0.2) is 30.0 Å². The molecule has 19 heavy (non-hydrogen) atoms. The fourth-order valence-electron chi connectivity index (χ4n) is 2.25. The summed E-state index contributed by atoms with van der Waals surface area (Å²) in [4.78, 5) is 22.3. The predicted molar refractivity (Wildman–Crippen MR) is 71.2 cm³/mol. The Morgan fingerprint density at radius 2 is 2.11 bits per heavy atom. The molecule has 1 heterocycles. The van der Waals surface area contributed by atoms with Crippen molar-refractivity contribution in [3.05, 3.63) is 39.4 Å². The monoisotopic (exact) mass is 263 g/mol. The first-order valence-corrected chi connectivity index (χ1v) is 6.34. The molecule has 0 atom stereocenters. The van der Waals surface area contributed by atoms with Crippen LogP contribution < -0.4 is 10.6 Å². The number of non-ortho nitro benzene ring substituents is 1. The molecule has 102 valence electrons. The first kappa shape index (κ1) is 13.5. The summed E-state index contributed by atoms with van der Waals surface area (Å²) in [5.74, 6) is -0.153. The van der Waals surface area contributed by atoms with Crippen molar-refractivity contribution < 1.29 is 9.72 Å². The van der Waals surface area contributed by atoms with Crippen LogP contribution in [0.1, 0.15) is 28.8 Å². The standard InChI is InChI=1S/C13H17N3O3/c1-9-8-11(16(18)19)2-3-12(9)13(17)15-10-4-6-14-7-5-10/h2-3,8,10,14H,4-7H2,1H3,(H,15,17). The van der Waals surface area contributed by atoms with E-state index in [1.165, 1.54) is 18.2 Å². The van der Waals surface area contributed by atoms with E-state index in [1.54, 1.807) is 6.92 Å². The largest absolute Gasteiger partial charge is 0.349 e. The third kappa shape index (κ3) is 3.29. The number of nitrogens with one attached hydrogen (secondary N) is 2. The van der Waals surface area contributed by atoms with Crippen molar-refractivity contribution in [3.63, 3.8) is 0 Å². The highest BCUT2D eigenvalue weighted by molar-refractivity contribution is 5.96. The van der Waals surface area contributed by atoms with Crippen molar-refractivity contribution in [1.29, 1.82) is 0 Å². The Hall–Kier alpha value is -1.95. The Morgan fingerprint density at radius 1 is 1.42 bits per heavy atom. The summed E-state index contributed by atoms with van der Waals surface area (Å²) in [5.41, 5.74) is 1.14. The summed E-state index contributed by atoms with van der Waals surface area (Å²) < 4.78 is 0. The third-order valence-electron chi connectivity index (χ3n) is 3.34. The Kier molecular flexibility index (Phi) is 4.11. The molecule has 1 saturated heterocycles. The Balaban J connectivity index is 2.08. The van der Waals surface area contributed by atoms with Crippen molar-refractivity contribution in [1.82, 2.24) is 10.6 Å². The van der Waals surface area contributed by atoms with E-state index in [-0.39, 0.29) is 17.6 Å². The van der Waals surface area contributed by atoms with Gasteiger partial charge in [-0.15, -0.1) is 0 Å². The molecule has 1 aromatic rings. The fourth-order valence-corrected chi connectivity index (χ4v) is 2.25. The van der Waals surface area contributed by atoms with Gasteiger partial charge in [-0.05, 0) is 44.5 Å². The van der Waals surface area contributed by atoms with Gasteiger partial charge in [0, 0.05) is 23.7 Å². The number of nitrogens with zero attached hydrogens (tertiary/aromatic N) is 1. The number of rotatable bonds is 3. The van der Waals surface area contributed by atoms with E-state index < -0.39 is 4.92 Å². The average Bonchev–Trinajstić information content (AvgIpc) is 2.39. The van der Waals surface area contributed by atoms with Gasteiger partial charge in [0.05, 0.1) is 4.92 Å². The summed E-state index contributed by atoms with van der Waals surface area (Å²) in [6, 6.07) is 4.49. The van der Waals surface area contributed by atoms with E-state index in [2.05, 4.69) is 10.6 Å². The second-order valence-corrected chi connectivity index (χ2v) is 4.75. The number of nitro groups is 1. The maximum atomic E-state index is 12.1. The number of benzene rings is 1. The van der Waals surface area contributed by atoms with E-state index in [0.717, 1.165) is 25.9 Å². The smallest absolute Gasteiger partial charge is 0.269 e. The molecule has 0 aromatic heterocycles. The zero-order valence-electron chi connectivity index (χ0n) is 10.8. The molecule has 1 amide bonds. The Bertz CT molecular complexity index is 496. The molecule has 1 aliphatic heterocycles. The van der Waals surface area contributed by atoms with E-state index in [0.29, 0.717) is 11.1 Å². The number of hydrogen-bond donors (Lipinski definition) is 2. The minimum atomic E-state index is -0.457. The van der Waals surface area contributed by atoms with E-state index in [4.69, 9.17) is 0 Å². The summed E-state index contributed by atoms with van der Waals surface area (Å²) in [6.45, 7) is 3.53. The first-order chi connectivity index (χ1) is 9.08. The number of hydrogen-bond acceptors (Lipinski definition) is 4. The molecule has 6 nitrogen and oxygen atoms in total. The van der Waals surface area contributed by atoms with Crippen LogP contribution >= 0.6 is 0 Å². The van der Waals surface area contributed by atoms with Crippen LogP contribution in [0.3, 0.4) is 0 Å². The number of carbonyl (C=O) groups excluding carboxylic acids is 1. The average molecular weight is 263 g/mol. The molecule has 1 aliphatic rings. The van der Waals surface area contributed by atoms with Crippen LogP contribution in [-0.2, 0) is 0 Å². The normalized spacial score (nSPS) is 16.1. The lowest BCUT2D eigenvalue weighted by Gasteiger charge is -2.23. The fraction of sp³-hybridized carbons (Fsp3) is 0.462. The molecule has 1 fully saturated rings. The molecule has 2 rings (SSSR count). The van der Waals surface area contributed by atoms with E-state index in [9.17, 15) is 14.9 Å². The number of amides is 1. The highest BCUT2D eigenvalue weighted by Gasteiger charge is 2.18. The molecule has 0 saturated carbocycles. The van der Waals surface area contributed by atoms with Gasteiger partial charge in [-0.1, -0.05) is 0 Å². The molecular formula is C13H17N3O3. The second-order valence-electron chi connectivity index (χ2n) is 4.75. The predicted octanol–water partition coefficient (Wildman–Crippen LogP) is 1.39.